The minimum absolute atomic E-state index is 0.0961. The zero-order chi connectivity index (χ0) is 22.5. The average Bonchev–Trinajstić information content (AvgIpc) is 3.38. The predicted molar refractivity (Wildman–Crippen MR) is 117 cm³/mol. The van der Waals surface area contributed by atoms with E-state index in [-0.39, 0.29) is 17.9 Å². The van der Waals surface area contributed by atoms with Crippen molar-refractivity contribution in [3.05, 3.63) is 70.4 Å². The van der Waals surface area contributed by atoms with Crippen LogP contribution in [0.1, 0.15) is 24.1 Å². The molecule has 0 bridgehead atoms. The van der Waals surface area contributed by atoms with E-state index < -0.39 is 6.09 Å². The van der Waals surface area contributed by atoms with Gasteiger partial charge in [0.05, 0.1) is 18.9 Å². The zero-order valence-corrected chi connectivity index (χ0v) is 17.7. The van der Waals surface area contributed by atoms with Crippen molar-refractivity contribution in [3.8, 4) is 5.69 Å². The third kappa shape index (κ3) is 5.20. The van der Waals surface area contributed by atoms with E-state index in [9.17, 15) is 14.4 Å². The fourth-order valence-corrected chi connectivity index (χ4v) is 3.54. The lowest BCUT2D eigenvalue weighted by Gasteiger charge is -2.15. The maximum atomic E-state index is 12.3. The molecule has 1 saturated heterocycles. The first-order valence-corrected chi connectivity index (χ1v) is 10.4. The Hall–Kier alpha value is -3.95. The number of ether oxygens (including phenoxy) is 1. The third-order valence-corrected chi connectivity index (χ3v) is 5.15. The van der Waals surface area contributed by atoms with E-state index >= 15 is 0 Å². The van der Waals surface area contributed by atoms with Crippen LogP contribution in [0.25, 0.3) is 5.69 Å². The van der Waals surface area contributed by atoms with E-state index in [0.29, 0.717) is 37.3 Å². The van der Waals surface area contributed by atoms with Gasteiger partial charge in [0.2, 0.25) is 11.3 Å². The van der Waals surface area contributed by atoms with Crippen LogP contribution in [0.3, 0.4) is 0 Å². The van der Waals surface area contributed by atoms with Crippen LogP contribution in [-0.4, -0.2) is 56.2 Å². The molecule has 4 rings (SSSR count). The molecule has 1 fully saturated rings. The number of amides is 2. The van der Waals surface area contributed by atoms with Crippen LogP contribution in [0.5, 0.6) is 0 Å². The van der Waals surface area contributed by atoms with Crippen molar-refractivity contribution in [2.45, 2.75) is 19.3 Å². The Labute approximate surface area is 184 Å². The number of benzene rings is 1. The fourth-order valence-electron chi connectivity index (χ4n) is 3.54. The van der Waals surface area contributed by atoms with Gasteiger partial charge in [0.1, 0.15) is 18.0 Å². The van der Waals surface area contributed by atoms with E-state index in [1.807, 2.05) is 13.1 Å². The van der Waals surface area contributed by atoms with Crippen molar-refractivity contribution in [3.63, 3.8) is 0 Å². The molecule has 2 aromatic heterocycles. The molecule has 1 aliphatic rings. The second kappa shape index (κ2) is 9.46. The van der Waals surface area contributed by atoms with Crippen molar-refractivity contribution in [2.75, 3.05) is 25.0 Å². The van der Waals surface area contributed by atoms with E-state index in [1.54, 1.807) is 51.1 Å². The maximum absolute atomic E-state index is 12.3. The summed E-state index contributed by atoms with van der Waals surface area (Å²) in [5.41, 5.74) is 2.33. The molecule has 3 heterocycles. The molecule has 10 nitrogen and oxygen atoms in total. The number of anilines is 1. The van der Waals surface area contributed by atoms with E-state index in [0.717, 1.165) is 17.7 Å². The molecule has 32 heavy (non-hydrogen) atoms. The number of carbonyl (C=O) groups excluding carboxylic acids is 2. The molecule has 3 aromatic rings. The molecule has 2 amide bonds. The number of carbonyl (C=O) groups is 2. The monoisotopic (exact) mass is 436 g/mol. The number of rotatable bonds is 7. The molecule has 0 aliphatic carbocycles. The van der Waals surface area contributed by atoms with Gasteiger partial charge in [-0.2, -0.15) is 10.2 Å². The van der Waals surface area contributed by atoms with Crippen molar-refractivity contribution in [1.29, 1.82) is 0 Å². The molecule has 1 N–H and O–H groups in total. The summed E-state index contributed by atoms with van der Waals surface area (Å²) in [6.45, 7) is 1.25. The second-order valence-corrected chi connectivity index (χ2v) is 7.57. The van der Waals surface area contributed by atoms with Gasteiger partial charge in [-0.15, -0.1) is 0 Å². The smallest absolute Gasteiger partial charge is 0.411 e. The van der Waals surface area contributed by atoms with Crippen LogP contribution < -0.4 is 10.7 Å². The molecule has 1 aliphatic heterocycles. The van der Waals surface area contributed by atoms with Gasteiger partial charge in [0, 0.05) is 44.4 Å². The van der Waals surface area contributed by atoms with E-state index in [4.69, 9.17) is 4.74 Å². The number of hydrogen-bond acceptors (Lipinski definition) is 6. The highest BCUT2D eigenvalue weighted by molar-refractivity contribution is 5.84. The molecule has 0 spiro atoms. The van der Waals surface area contributed by atoms with Crippen molar-refractivity contribution >= 4 is 17.7 Å². The first kappa shape index (κ1) is 21.3. The van der Waals surface area contributed by atoms with Gasteiger partial charge in [0.15, 0.2) is 0 Å². The van der Waals surface area contributed by atoms with Crippen LogP contribution in [0, 0.1) is 0 Å². The van der Waals surface area contributed by atoms with Gasteiger partial charge >= 0.3 is 6.09 Å². The Bertz CT molecular complexity index is 1180. The number of aromatic nitrogens is 4. The maximum Gasteiger partial charge on any atom is 0.411 e. The summed E-state index contributed by atoms with van der Waals surface area (Å²) in [5.74, 6) is 0.0961. The van der Waals surface area contributed by atoms with Crippen molar-refractivity contribution in [2.24, 2.45) is 7.05 Å². The minimum Gasteiger partial charge on any atom is -0.447 e. The summed E-state index contributed by atoms with van der Waals surface area (Å²) in [4.78, 5) is 37.7. The number of hydrogen-bond donors (Lipinski definition) is 1. The van der Waals surface area contributed by atoms with E-state index in [1.165, 1.54) is 6.07 Å². The molecule has 0 atom stereocenters. The lowest BCUT2D eigenvalue weighted by molar-refractivity contribution is -0.128. The second-order valence-electron chi connectivity index (χ2n) is 7.57. The largest absolute Gasteiger partial charge is 0.447 e. The Morgan fingerprint density at radius 1 is 1.25 bits per heavy atom. The van der Waals surface area contributed by atoms with Crippen LogP contribution in [0.2, 0.25) is 0 Å². The highest BCUT2D eigenvalue weighted by Crippen LogP contribution is 2.14. The molecule has 166 valence electrons. The highest BCUT2D eigenvalue weighted by atomic mass is 16.5. The predicted octanol–water partition coefficient (Wildman–Crippen LogP) is 1.73. The van der Waals surface area contributed by atoms with Gasteiger partial charge in [0.25, 0.3) is 0 Å². The Morgan fingerprint density at radius 2 is 2.12 bits per heavy atom. The van der Waals surface area contributed by atoms with Gasteiger partial charge in [-0.05, 0) is 24.1 Å². The number of likely N-dealkylation sites (tertiary alicyclic amines) is 1. The molecule has 0 saturated carbocycles. The lowest BCUT2D eigenvalue weighted by Crippen LogP contribution is -2.30. The standard InChI is InChI=1S/C22H24N6O4/c1-26-15-18(14-23-26)28-9-7-20(29)19(25-28)13-16-4-2-5-17(12-16)24-22(31)32-11-10-27-8-3-6-21(27)30/h2,4-5,7,9,12,14-15H,3,6,8,10-11,13H2,1H3,(H,24,31). The molecule has 10 heteroatoms. The van der Waals surface area contributed by atoms with Gasteiger partial charge in [-0.25, -0.2) is 9.48 Å². The Kier molecular flexibility index (Phi) is 6.29. The summed E-state index contributed by atoms with van der Waals surface area (Å²) < 4.78 is 8.45. The number of nitrogens with zero attached hydrogens (tertiary/aromatic N) is 5. The summed E-state index contributed by atoms with van der Waals surface area (Å²) in [6, 6.07) is 8.63. The van der Waals surface area contributed by atoms with Gasteiger partial charge in [-0.1, -0.05) is 12.1 Å². The normalized spacial score (nSPS) is 13.4. The molecular weight excluding hydrogens is 412 g/mol. The van der Waals surface area contributed by atoms with Crippen LogP contribution >= 0.6 is 0 Å². The van der Waals surface area contributed by atoms with Crippen LogP contribution in [-0.2, 0) is 23.0 Å². The van der Waals surface area contributed by atoms with Gasteiger partial charge in [-0.3, -0.25) is 19.6 Å². The molecule has 0 unspecified atom stereocenters. The molecule has 1 aromatic carbocycles. The fraction of sp³-hybridized carbons (Fsp3) is 0.318. The summed E-state index contributed by atoms with van der Waals surface area (Å²) in [7, 11) is 1.81. The number of nitrogens with one attached hydrogen (secondary N) is 1. The minimum atomic E-state index is -0.592. The topological polar surface area (TPSA) is 111 Å². The summed E-state index contributed by atoms with van der Waals surface area (Å²) in [6.07, 6.45) is 6.19. The first-order chi connectivity index (χ1) is 15.5. The Balaban J connectivity index is 1.37. The third-order valence-electron chi connectivity index (χ3n) is 5.15. The van der Waals surface area contributed by atoms with E-state index in [2.05, 4.69) is 15.5 Å². The van der Waals surface area contributed by atoms with Crippen molar-refractivity contribution in [1.82, 2.24) is 24.5 Å². The summed E-state index contributed by atoms with van der Waals surface area (Å²) in [5, 5.41) is 11.2. The summed E-state index contributed by atoms with van der Waals surface area (Å²) >= 11 is 0. The number of aryl methyl sites for hydroxylation is 1. The first-order valence-electron chi connectivity index (χ1n) is 10.4. The average molecular weight is 436 g/mol. The Morgan fingerprint density at radius 3 is 2.88 bits per heavy atom. The van der Waals surface area contributed by atoms with Crippen LogP contribution in [0.4, 0.5) is 10.5 Å². The zero-order valence-electron chi connectivity index (χ0n) is 17.7. The van der Waals surface area contributed by atoms with Crippen LogP contribution in [0.15, 0.2) is 53.7 Å². The molecular formula is C22H24N6O4. The van der Waals surface area contributed by atoms with Gasteiger partial charge < -0.3 is 9.64 Å². The highest BCUT2D eigenvalue weighted by Gasteiger charge is 2.19. The van der Waals surface area contributed by atoms with Crippen molar-refractivity contribution < 1.29 is 14.3 Å². The SMILES string of the molecule is Cn1cc(-n2ccc(=O)c(Cc3cccc(NC(=O)OCCN4CCCC4=O)c3)n2)cn1. The quantitative estimate of drug-likeness (QED) is 0.604. The lowest BCUT2D eigenvalue weighted by atomic mass is 10.1. The molecule has 0 radical (unpaired) electrons.